The van der Waals surface area contributed by atoms with Crippen molar-refractivity contribution >= 4 is 47.0 Å². The zero-order valence-corrected chi connectivity index (χ0v) is 17.0. The number of hydrogen-bond acceptors (Lipinski definition) is 9. The fraction of sp³-hybridized carbons (Fsp3) is 0.400. The van der Waals surface area contributed by atoms with Crippen LogP contribution in [0.5, 0.6) is 0 Å². The summed E-state index contributed by atoms with van der Waals surface area (Å²) >= 11 is 6.28. The average Bonchev–Trinajstić information content (AvgIpc) is 2.58. The van der Waals surface area contributed by atoms with Crippen LogP contribution in [0.1, 0.15) is 6.92 Å². The summed E-state index contributed by atoms with van der Waals surface area (Å²) in [6.07, 6.45) is 0. The fourth-order valence-corrected chi connectivity index (χ4v) is 4.38. The van der Waals surface area contributed by atoms with Gasteiger partial charge in [-0.1, -0.05) is 48.3 Å². The fourth-order valence-electron chi connectivity index (χ4n) is 1.60. The lowest BCUT2D eigenvalue weighted by Gasteiger charge is -2.07. The number of nitrogens with zero attached hydrogens (tertiary/aromatic N) is 3. The van der Waals surface area contributed by atoms with Gasteiger partial charge in [0.25, 0.3) is 0 Å². The second-order valence-corrected chi connectivity index (χ2v) is 8.45. The molecule has 24 heavy (non-hydrogen) atoms. The van der Waals surface area contributed by atoms with Gasteiger partial charge in [-0.05, 0) is 35.7 Å². The quantitative estimate of drug-likeness (QED) is 0.422. The van der Waals surface area contributed by atoms with Gasteiger partial charge >= 0.3 is 0 Å². The minimum Gasteiger partial charge on any atom is -0.374 e. The molecule has 1 heterocycles. The molecular weight excluding hydrogens is 382 g/mol. The summed E-state index contributed by atoms with van der Waals surface area (Å²) in [6, 6.07) is 8.27. The van der Waals surface area contributed by atoms with Crippen LogP contribution in [0.3, 0.4) is 0 Å². The smallest absolute Gasteiger partial charge is 0.197 e. The molecule has 0 spiro atoms. The predicted molar refractivity (Wildman–Crippen MR) is 102 cm³/mol. The second-order valence-electron chi connectivity index (χ2n) is 4.29. The van der Waals surface area contributed by atoms with Gasteiger partial charge in [0, 0.05) is 24.0 Å². The molecule has 0 bridgehead atoms. The Hall–Kier alpha value is -0.450. The van der Waals surface area contributed by atoms with Gasteiger partial charge in [0.2, 0.25) is 0 Å². The molecule has 0 atom stereocenters. The topological polar surface area (TPSA) is 57.1 Å². The van der Waals surface area contributed by atoms with E-state index in [1.165, 1.54) is 23.5 Å². The molecule has 0 N–H and O–H groups in total. The number of hydrogen-bond donors (Lipinski definition) is 0. The molecule has 0 saturated carbocycles. The minimum atomic E-state index is 0.521. The molecule has 0 radical (unpaired) electrons. The summed E-state index contributed by atoms with van der Waals surface area (Å²) in [4.78, 5) is 15.8. The van der Waals surface area contributed by atoms with Crippen molar-refractivity contribution in [3.05, 3.63) is 24.3 Å². The monoisotopic (exact) mass is 401 g/mol. The van der Waals surface area contributed by atoms with E-state index in [9.17, 15) is 0 Å². The predicted octanol–water partition coefficient (Wildman–Crippen LogP) is 4.53. The molecule has 1 aromatic carbocycles. The highest BCUT2D eigenvalue weighted by molar-refractivity contribution is 8.00. The van der Waals surface area contributed by atoms with E-state index >= 15 is 0 Å². The van der Waals surface area contributed by atoms with E-state index in [-0.39, 0.29) is 0 Å². The number of aromatic nitrogens is 3. The molecule has 2 aromatic rings. The van der Waals surface area contributed by atoms with Gasteiger partial charge < -0.3 is 9.47 Å². The third kappa shape index (κ3) is 6.81. The molecule has 0 amide bonds. The van der Waals surface area contributed by atoms with E-state index in [0.29, 0.717) is 22.2 Å². The molecule has 9 heteroatoms. The number of benzene rings is 1. The molecule has 2 rings (SSSR count). The van der Waals surface area contributed by atoms with E-state index < -0.39 is 0 Å². The Labute approximate surface area is 159 Å². The lowest BCUT2D eigenvalue weighted by Crippen LogP contribution is -1.98. The SMILES string of the molecule is CCSc1nc(SCOC)nc(Sc2cccc(SCOC)c2)n1. The summed E-state index contributed by atoms with van der Waals surface area (Å²) in [7, 11) is 3.36. The third-order valence-electron chi connectivity index (χ3n) is 2.51. The summed E-state index contributed by atoms with van der Waals surface area (Å²) in [6.45, 7) is 2.08. The van der Waals surface area contributed by atoms with Gasteiger partial charge in [0.05, 0.1) is 11.9 Å². The van der Waals surface area contributed by atoms with Crippen LogP contribution in [0.4, 0.5) is 0 Å². The molecule has 5 nitrogen and oxygen atoms in total. The zero-order valence-electron chi connectivity index (χ0n) is 13.7. The van der Waals surface area contributed by atoms with E-state index in [1.807, 2.05) is 6.07 Å². The van der Waals surface area contributed by atoms with Crippen molar-refractivity contribution in [2.75, 3.05) is 31.9 Å². The Morgan fingerprint density at radius 2 is 1.46 bits per heavy atom. The van der Waals surface area contributed by atoms with Gasteiger partial charge in [-0.25, -0.2) is 0 Å². The van der Waals surface area contributed by atoms with Crippen LogP contribution in [-0.2, 0) is 9.47 Å². The van der Waals surface area contributed by atoms with E-state index in [0.717, 1.165) is 20.7 Å². The maximum atomic E-state index is 5.11. The first kappa shape index (κ1) is 19.9. The van der Waals surface area contributed by atoms with Crippen molar-refractivity contribution in [1.29, 1.82) is 0 Å². The van der Waals surface area contributed by atoms with Gasteiger partial charge in [-0.15, -0.1) is 0 Å². The summed E-state index contributed by atoms with van der Waals surface area (Å²) in [5.74, 6) is 2.08. The van der Waals surface area contributed by atoms with Gasteiger partial charge in [0.15, 0.2) is 15.5 Å². The summed E-state index contributed by atoms with van der Waals surface area (Å²) in [5, 5.41) is 2.14. The van der Waals surface area contributed by atoms with Crippen molar-refractivity contribution in [2.24, 2.45) is 0 Å². The Balaban J connectivity index is 2.16. The molecule has 0 fully saturated rings. The number of methoxy groups -OCH3 is 2. The first-order valence-corrected chi connectivity index (χ1v) is 10.9. The Morgan fingerprint density at radius 3 is 2.17 bits per heavy atom. The van der Waals surface area contributed by atoms with Gasteiger partial charge in [0.1, 0.15) is 0 Å². The Kier molecular flexibility index (Phi) is 9.29. The Bertz CT molecular complexity index is 646. The molecule has 0 saturated heterocycles. The van der Waals surface area contributed by atoms with Crippen LogP contribution < -0.4 is 0 Å². The molecule has 1 aromatic heterocycles. The largest absolute Gasteiger partial charge is 0.374 e. The highest BCUT2D eigenvalue weighted by Crippen LogP contribution is 2.30. The van der Waals surface area contributed by atoms with Crippen molar-refractivity contribution < 1.29 is 9.47 Å². The van der Waals surface area contributed by atoms with Gasteiger partial charge in [-0.3, -0.25) is 0 Å². The van der Waals surface area contributed by atoms with Crippen molar-refractivity contribution in [1.82, 2.24) is 15.0 Å². The van der Waals surface area contributed by atoms with Crippen molar-refractivity contribution in [3.63, 3.8) is 0 Å². The lowest BCUT2D eigenvalue weighted by atomic mass is 10.4. The van der Waals surface area contributed by atoms with Crippen molar-refractivity contribution in [2.45, 2.75) is 32.2 Å². The number of rotatable bonds is 10. The maximum absolute atomic E-state index is 5.11. The van der Waals surface area contributed by atoms with E-state index in [2.05, 4.69) is 40.1 Å². The molecule has 130 valence electrons. The minimum absolute atomic E-state index is 0.521. The van der Waals surface area contributed by atoms with Crippen LogP contribution in [-0.4, -0.2) is 46.8 Å². The Morgan fingerprint density at radius 1 is 0.833 bits per heavy atom. The third-order valence-corrected chi connectivity index (χ3v) is 5.83. The highest BCUT2D eigenvalue weighted by Gasteiger charge is 2.09. The second kappa shape index (κ2) is 11.2. The van der Waals surface area contributed by atoms with Crippen LogP contribution in [0.25, 0.3) is 0 Å². The zero-order chi connectivity index (χ0) is 17.2. The first-order valence-electron chi connectivity index (χ1n) is 7.15. The molecular formula is C15H19N3O2S4. The molecule has 0 aliphatic heterocycles. The highest BCUT2D eigenvalue weighted by atomic mass is 32.2. The molecule has 0 aliphatic carbocycles. The number of thioether (sulfide) groups is 3. The molecule has 0 aliphatic rings. The first-order chi connectivity index (χ1) is 11.7. The summed E-state index contributed by atoms with van der Waals surface area (Å²) < 4.78 is 10.2. The maximum Gasteiger partial charge on any atom is 0.197 e. The standard InChI is InChI=1S/C15H19N3O2S4/c1-4-21-13-16-14(23-10-20-3)18-15(17-13)24-12-7-5-6-11(8-12)22-9-19-2/h5-8H,4,9-10H2,1-3H3. The van der Waals surface area contributed by atoms with Crippen LogP contribution in [0.15, 0.2) is 49.5 Å². The van der Waals surface area contributed by atoms with Crippen molar-refractivity contribution in [3.8, 4) is 0 Å². The lowest BCUT2D eigenvalue weighted by molar-refractivity contribution is 0.258. The molecule has 0 unspecified atom stereocenters. The normalized spacial score (nSPS) is 11.0. The van der Waals surface area contributed by atoms with Gasteiger partial charge in [-0.2, -0.15) is 15.0 Å². The van der Waals surface area contributed by atoms with E-state index in [1.54, 1.807) is 37.7 Å². The van der Waals surface area contributed by atoms with Crippen LogP contribution in [0.2, 0.25) is 0 Å². The summed E-state index contributed by atoms with van der Waals surface area (Å²) in [5.41, 5.74) is 0. The number of ether oxygens (including phenoxy) is 2. The average molecular weight is 402 g/mol. The van der Waals surface area contributed by atoms with E-state index in [4.69, 9.17) is 9.47 Å². The van der Waals surface area contributed by atoms with Crippen LogP contribution in [0, 0.1) is 0 Å². The van der Waals surface area contributed by atoms with Crippen LogP contribution >= 0.6 is 47.0 Å².